The number of nitrogens with two attached hydrogens (primary N) is 1. The van der Waals surface area contributed by atoms with Crippen LogP contribution in [0.5, 0.6) is 5.75 Å². The van der Waals surface area contributed by atoms with Crippen LogP contribution in [0.3, 0.4) is 0 Å². The van der Waals surface area contributed by atoms with E-state index < -0.39 is 0 Å². The molecule has 2 heterocycles. The second-order valence-corrected chi connectivity index (χ2v) is 4.97. The van der Waals surface area contributed by atoms with E-state index in [0.29, 0.717) is 16.8 Å². The van der Waals surface area contributed by atoms with Gasteiger partial charge in [-0.25, -0.2) is 4.98 Å². The number of aryl methyl sites for hydroxylation is 1. The van der Waals surface area contributed by atoms with Gasteiger partial charge in [0.1, 0.15) is 10.6 Å². The zero-order valence-corrected chi connectivity index (χ0v) is 10.8. The number of nitrogens with zero attached hydrogens (tertiary/aromatic N) is 3. The summed E-state index contributed by atoms with van der Waals surface area (Å²) in [5, 5.41) is 13.6. The molecule has 0 aliphatic rings. The van der Waals surface area contributed by atoms with E-state index >= 15 is 0 Å². The fraction of sp³-hybridized carbons (Fsp3) is 0.0833. The molecule has 0 atom stereocenters. The van der Waals surface area contributed by atoms with Crippen LogP contribution in [0.25, 0.3) is 22.2 Å². The molecule has 96 valence electrons. The van der Waals surface area contributed by atoms with Gasteiger partial charge in [0, 0.05) is 5.56 Å². The lowest BCUT2D eigenvalue weighted by molar-refractivity contribution is 0.433. The summed E-state index contributed by atoms with van der Waals surface area (Å²) >= 11 is 1.31. The first kappa shape index (κ1) is 11.7. The molecule has 3 N–H and O–H groups in total. The zero-order chi connectivity index (χ0) is 13.4. The number of thiazole rings is 1. The summed E-state index contributed by atoms with van der Waals surface area (Å²) in [7, 11) is 0. The van der Waals surface area contributed by atoms with Crippen molar-refractivity contribution >= 4 is 16.5 Å². The third-order valence-electron chi connectivity index (χ3n) is 2.56. The Kier molecular flexibility index (Phi) is 2.68. The highest BCUT2D eigenvalue weighted by atomic mass is 32.1. The molecule has 2 aromatic heterocycles. The van der Waals surface area contributed by atoms with E-state index in [1.807, 2.05) is 6.92 Å². The molecule has 0 amide bonds. The second-order valence-electron chi connectivity index (χ2n) is 3.94. The van der Waals surface area contributed by atoms with E-state index in [1.165, 1.54) is 11.3 Å². The number of anilines is 1. The number of aromatic nitrogens is 3. The highest BCUT2D eigenvalue weighted by molar-refractivity contribution is 7.18. The molecule has 6 nitrogen and oxygen atoms in total. The number of hydrogen-bond donors (Lipinski definition) is 2. The lowest BCUT2D eigenvalue weighted by Gasteiger charge is -1.93. The van der Waals surface area contributed by atoms with Crippen LogP contribution in [0.15, 0.2) is 28.8 Å². The van der Waals surface area contributed by atoms with Crippen molar-refractivity contribution in [1.82, 2.24) is 15.1 Å². The number of aromatic hydroxyl groups is 1. The molecule has 0 fully saturated rings. The monoisotopic (exact) mass is 274 g/mol. The summed E-state index contributed by atoms with van der Waals surface area (Å²) in [5.41, 5.74) is 7.17. The van der Waals surface area contributed by atoms with Crippen molar-refractivity contribution < 1.29 is 9.63 Å². The first-order chi connectivity index (χ1) is 9.13. The first-order valence-corrected chi connectivity index (χ1v) is 6.31. The number of nitrogen functional groups attached to an aromatic ring is 1. The van der Waals surface area contributed by atoms with Crippen molar-refractivity contribution in [2.24, 2.45) is 0 Å². The molecule has 19 heavy (non-hydrogen) atoms. The highest BCUT2D eigenvalue weighted by Crippen LogP contribution is 2.31. The van der Waals surface area contributed by atoms with Gasteiger partial charge in [0.25, 0.3) is 5.89 Å². The average Bonchev–Trinajstić information content (AvgIpc) is 2.97. The van der Waals surface area contributed by atoms with Gasteiger partial charge in [-0.05, 0) is 31.2 Å². The summed E-state index contributed by atoms with van der Waals surface area (Å²) < 4.78 is 5.22. The summed E-state index contributed by atoms with van der Waals surface area (Å²) in [6.45, 7) is 1.84. The minimum atomic E-state index is 0.193. The lowest BCUT2D eigenvalue weighted by atomic mass is 10.2. The Labute approximate surface area is 112 Å². The van der Waals surface area contributed by atoms with E-state index in [-0.39, 0.29) is 5.75 Å². The van der Waals surface area contributed by atoms with Crippen molar-refractivity contribution in [3.63, 3.8) is 0 Å². The molecule has 7 heteroatoms. The van der Waals surface area contributed by atoms with Crippen molar-refractivity contribution in [3.8, 4) is 27.9 Å². The predicted molar refractivity (Wildman–Crippen MR) is 71.7 cm³/mol. The number of benzene rings is 1. The molecule has 0 saturated heterocycles. The molecule has 0 spiro atoms. The van der Waals surface area contributed by atoms with Crippen molar-refractivity contribution in [3.05, 3.63) is 30.0 Å². The molecule has 0 aliphatic heterocycles. The molecule has 3 rings (SSSR count). The van der Waals surface area contributed by atoms with Gasteiger partial charge < -0.3 is 15.4 Å². The van der Waals surface area contributed by atoms with E-state index in [2.05, 4.69) is 15.1 Å². The number of rotatable bonds is 2. The fourth-order valence-corrected chi connectivity index (χ4v) is 2.41. The van der Waals surface area contributed by atoms with Gasteiger partial charge >= 0.3 is 0 Å². The topological polar surface area (TPSA) is 98.1 Å². The quantitative estimate of drug-likeness (QED) is 0.744. The molecule has 0 radical (unpaired) electrons. The van der Waals surface area contributed by atoms with E-state index in [0.717, 1.165) is 16.1 Å². The molecular formula is C12H10N4O2S. The summed E-state index contributed by atoms with van der Waals surface area (Å²) in [4.78, 5) is 9.20. The van der Waals surface area contributed by atoms with Crippen LogP contribution < -0.4 is 5.73 Å². The largest absolute Gasteiger partial charge is 0.508 e. The highest BCUT2D eigenvalue weighted by Gasteiger charge is 2.16. The van der Waals surface area contributed by atoms with Crippen LogP contribution in [0, 0.1) is 6.92 Å². The van der Waals surface area contributed by atoms with Crippen molar-refractivity contribution in [2.45, 2.75) is 6.92 Å². The number of hydrogen-bond acceptors (Lipinski definition) is 7. The standard InChI is InChI=1S/C12H10N4O2S/c1-6-9(19-12(13)14-6)11-15-10(16-18-11)7-2-4-8(17)5-3-7/h2-5,17H,1H3,(H2,13,14). The molecule has 0 bridgehead atoms. The van der Waals surface area contributed by atoms with Crippen LogP contribution in [0.4, 0.5) is 5.13 Å². The number of phenols is 1. The normalized spacial score (nSPS) is 10.8. The smallest absolute Gasteiger partial charge is 0.270 e. The van der Waals surface area contributed by atoms with Crippen LogP contribution in [0.2, 0.25) is 0 Å². The fourth-order valence-electron chi connectivity index (χ4n) is 1.66. The van der Waals surface area contributed by atoms with Gasteiger partial charge in [-0.2, -0.15) is 4.98 Å². The second kappa shape index (κ2) is 4.36. The van der Waals surface area contributed by atoms with Crippen LogP contribution in [-0.4, -0.2) is 20.2 Å². The van der Waals surface area contributed by atoms with E-state index in [1.54, 1.807) is 24.3 Å². The molecular weight excluding hydrogens is 264 g/mol. The molecule has 0 unspecified atom stereocenters. The van der Waals surface area contributed by atoms with Gasteiger partial charge in [-0.1, -0.05) is 16.5 Å². The maximum atomic E-state index is 9.24. The average molecular weight is 274 g/mol. The van der Waals surface area contributed by atoms with Crippen LogP contribution >= 0.6 is 11.3 Å². The van der Waals surface area contributed by atoms with Gasteiger partial charge in [-0.3, -0.25) is 0 Å². The van der Waals surface area contributed by atoms with Gasteiger partial charge in [-0.15, -0.1) is 0 Å². The Balaban J connectivity index is 1.99. The summed E-state index contributed by atoms with van der Waals surface area (Å²) in [6.07, 6.45) is 0. The van der Waals surface area contributed by atoms with Gasteiger partial charge in [0.05, 0.1) is 5.69 Å². The number of phenolic OH excluding ortho intramolecular Hbond substituents is 1. The van der Waals surface area contributed by atoms with E-state index in [4.69, 9.17) is 10.3 Å². The lowest BCUT2D eigenvalue weighted by Crippen LogP contribution is -1.82. The molecule has 0 saturated carbocycles. The first-order valence-electron chi connectivity index (χ1n) is 5.50. The predicted octanol–water partition coefficient (Wildman–Crippen LogP) is 2.46. The Bertz CT molecular complexity index is 718. The minimum Gasteiger partial charge on any atom is -0.508 e. The van der Waals surface area contributed by atoms with Gasteiger partial charge in [0.2, 0.25) is 5.82 Å². The van der Waals surface area contributed by atoms with Crippen LogP contribution in [-0.2, 0) is 0 Å². The van der Waals surface area contributed by atoms with Crippen molar-refractivity contribution in [2.75, 3.05) is 5.73 Å². The van der Waals surface area contributed by atoms with Crippen molar-refractivity contribution in [1.29, 1.82) is 0 Å². The summed E-state index contributed by atoms with van der Waals surface area (Å²) in [6, 6.07) is 6.58. The third kappa shape index (κ3) is 2.15. The zero-order valence-electron chi connectivity index (χ0n) is 9.99. The maximum Gasteiger partial charge on any atom is 0.270 e. The molecule has 3 aromatic rings. The Hall–Kier alpha value is -2.41. The van der Waals surface area contributed by atoms with Crippen LogP contribution in [0.1, 0.15) is 5.69 Å². The SMILES string of the molecule is Cc1nc(N)sc1-c1nc(-c2ccc(O)cc2)no1. The Morgan fingerprint density at radius 2 is 1.95 bits per heavy atom. The minimum absolute atomic E-state index is 0.193. The molecule has 1 aromatic carbocycles. The van der Waals surface area contributed by atoms with Gasteiger partial charge in [0.15, 0.2) is 5.13 Å². The Morgan fingerprint density at radius 1 is 1.21 bits per heavy atom. The Morgan fingerprint density at radius 3 is 2.58 bits per heavy atom. The molecule has 0 aliphatic carbocycles. The summed E-state index contributed by atoms with van der Waals surface area (Å²) in [5.74, 6) is 1.05. The maximum absolute atomic E-state index is 9.24. The third-order valence-corrected chi connectivity index (χ3v) is 3.53. The van der Waals surface area contributed by atoms with E-state index in [9.17, 15) is 5.11 Å².